The molecule has 1 aliphatic rings. The fourth-order valence-corrected chi connectivity index (χ4v) is 2.90. The minimum Gasteiger partial charge on any atom is -0.444 e. The van der Waals surface area contributed by atoms with Crippen LogP contribution in [0.3, 0.4) is 0 Å². The van der Waals surface area contributed by atoms with Gasteiger partial charge in [-0.3, -0.25) is 9.69 Å². The van der Waals surface area contributed by atoms with Crippen LogP contribution in [-0.4, -0.2) is 30.7 Å². The summed E-state index contributed by atoms with van der Waals surface area (Å²) < 4.78 is 5.83. The van der Waals surface area contributed by atoms with Gasteiger partial charge in [0.05, 0.1) is 5.41 Å². The molecule has 0 saturated heterocycles. The number of carbonyl (C=O) groups is 1. The summed E-state index contributed by atoms with van der Waals surface area (Å²) in [6.45, 7) is 3.82. The fraction of sp³-hybridized carbons (Fsp3) is 0.588. The molecule has 1 aliphatic carbocycles. The molecule has 1 aromatic rings. The van der Waals surface area contributed by atoms with Gasteiger partial charge < -0.3 is 4.74 Å². The Morgan fingerprint density at radius 1 is 1.19 bits per heavy atom. The molecule has 1 aromatic carbocycles. The van der Waals surface area contributed by atoms with Gasteiger partial charge in [-0.2, -0.15) is 0 Å². The summed E-state index contributed by atoms with van der Waals surface area (Å²) in [5, 5.41) is 0.689. The molecule has 3 nitrogen and oxygen atoms in total. The van der Waals surface area contributed by atoms with Crippen LogP contribution in [0, 0.1) is 0 Å². The van der Waals surface area contributed by atoms with Crippen molar-refractivity contribution in [3.05, 3.63) is 34.9 Å². The van der Waals surface area contributed by atoms with Crippen LogP contribution >= 0.6 is 11.6 Å². The molecule has 0 heterocycles. The predicted molar refractivity (Wildman–Crippen MR) is 85.5 cm³/mol. The van der Waals surface area contributed by atoms with Crippen molar-refractivity contribution >= 4 is 17.6 Å². The topological polar surface area (TPSA) is 29.5 Å². The molecule has 21 heavy (non-hydrogen) atoms. The zero-order valence-electron chi connectivity index (χ0n) is 13.3. The first-order valence-electron chi connectivity index (χ1n) is 7.45. The third-order valence-electron chi connectivity index (χ3n) is 4.66. The number of halogens is 1. The molecule has 1 saturated carbocycles. The molecule has 1 fully saturated rings. The Bertz CT molecular complexity index is 502. The van der Waals surface area contributed by atoms with E-state index in [4.69, 9.17) is 16.3 Å². The molecule has 2 rings (SSSR count). The molecule has 0 N–H and O–H groups in total. The van der Waals surface area contributed by atoms with Gasteiger partial charge in [-0.15, -0.1) is 0 Å². The number of hydrogen-bond acceptors (Lipinski definition) is 3. The fourth-order valence-electron chi connectivity index (χ4n) is 2.77. The molecule has 116 valence electrons. The van der Waals surface area contributed by atoms with Crippen molar-refractivity contribution in [1.29, 1.82) is 0 Å². The second-order valence-corrected chi connectivity index (χ2v) is 6.96. The Balaban J connectivity index is 2.30. The third-order valence-corrected chi connectivity index (χ3v) is 4.92. The van der Waals surface area contributed by atoms with Gasteiger partial charge >= 0.3 is 5.97 Å². The standard InChI is InChI=1S/C17H24ClNO2/c1-16(2,19(3)4)21-15(20)17(11-5-6-12-17)13-7-9-14(18)10-8-13/h7-10H,5-6,11-12H2,1-4H3. The molecule has 0 unspecified atom stereocenters. The highest BCUT2D eigenvalue weighted by Gasteiger charge is 2.46. The molecule has 0 radical (unpaired) electrons. The molecule has 0 bridgehead atoms. The SMILES string of the molecule is CN(C)C(C)(C)OC(=O)C1(c2ccc(Cl)cc2)CCCC1. The van der Waals surface area contributed by atoms with Crippen LogP contribution < -0.4 is 0 Å². The van der Waals surface area contributed by atoms with E-state index in [9.17, 15) is 4.79 Å². The largest absolute Gasteiger partial charge is 0.444 e. The lowest BCUT2D eigenvalue weighted by Gasteiger charge is -2.36. The highest BCUT2D eigenvalue weighted by Crippen LogP contribution is 2.43. The van der Waals surface area contributed by atoms with Gasteiger partial charge in [-0.25, -0.2) is 0 Å². The van der Waals surface area contributed by atoms with Gasteiger partial charge in [0.15, 0.2) is 5.72 Å². The number of ether oxygens (including phenoxy) is 1. The average Bonchev–Trinajstić information content (AvgIpc) is 2.89. The van der Waals surface area contributed by atoms with E-state index in [1.54, 1.807) is 0 Å². The van der Waals surface area contributed by atoms with Gasteiger partial charge in [0.1, 0.15) is 0 Å². The number of nitrogens with zero attached hydrogens (tertiary/aromatic N) is 1. The summed E-state index contributed by atoms with van der Waals surface area (Å²) in [6.07, 6.45) is 3.80. The molecule has 0 aliphatic heterocycles. The first-order valence-corrected chi connectivity index (χ1v) is 7.83. The van der Waals surface area contributed by atoms with Gasteiger partial charge in [0, 0.05) is 5.02 Å². The number of hydrogen-bond donors (Lipinski definition) is 0. The van der Waals surface area contributed by atoms with Crippen molar-refractivity contribution in [2.45, 2.75) is 50.7 Å². The average molecular weight is 310 g/mol. The van der Waals surface area contributed by atoms with Crippen molar-refractivity contribution < 1.29 is 9.53 Å². The highest BCUT2D eigenvalue weighted by atomic mass is 35.5. The van der Waals surface area contributed by atoms with E-state index in [0.29, 0.717) is 5.02 Å². The summed E-state index contributed by atoms with van der Waals surface area (Å²) in [4.78, 5) is 14.8. The second kappa shape index (κ2) is 5.98. The quantitative estimate of drug-likeness (QED) is 0.622. The summed E-state index contributed by atoms with van der Waals surface area (Å²) in [7, 11) is 3.83. The molecular formula is C17H24ClNO2. The lowest BCUT2D eigenvalue weighted by molar-refractivity contribution is -0.179. The molecule has 0 amide bonds. The zero-order chi connectivity index (χ0) is 15.7. The zero-order valence-corrected chi connectivity index (χ0v) is 14.0. The predicted octanol–water partition coefficient (Wildman–Crippen LogP) is 3.99. The van der Waals surface area contributed by atoms with Crippen LogP contribution in [0.4, 0.5) is 0 Å². The number of rotatable bonds is 4. The summed E-state index contributed by atoms with van der Waals surface area (Å²) in [6, 6.07) is 7.61. The van der Waals surface area contributed by atoms with Gasteiger partial charge in [-0.05, 0) is 58.5 Å². The Morgan fingerprint density at radius 2 is 1.71 bits per heavy atom. The van der Waals surface area contributed by atoms with E-state index in [-0.39, 0.29) is 5.97 Å². The van der Waals surface area contributed by atoms with E-state index >= 15 is 0 Å². The van der Waals surface area contributed by atoms with Crippen LogP contribution in [0.5, 0.6) is 0 Å². The monoisotopic (exact) mass is 309 g/mol. The smallest absolute Gasteiger partial charge is 0.318 e. The van der Waals surface area contributed by atoms with Crippen LogP contribution in [0.15, 0.2) is 24.3 Å². The molecule has 4 heteroatoms. The Morgan fingerprint density at radius 3 is 2.19 bits per heavy atom. The third kappa shape index (κ3) is 3.24. The summed E-state index contributed by atoms with van der Waals surface area (Å²) in [5.74, 6) is -0.124. The Kier molecular flexibility index (Phi) is 4.64. The van der Waals surface area contributed by atoms with Crippen molar-refractivity contribution in [3.8, 4) is 0 Å². The number of carbonyl (C=O) groups excluding carboxylic acids is 1. The van der Waals surface area contributed by atoms with Crippen LogP contribution in [-0.2, 0) is 14.9 Å². The molecule has 0 atom stereocenters. The maximum atomic E-state index is 12.9. The van der Waals surface area contributed by atoms with Gasteiger partial charge in [0.25, 0.3) is 0 Å². The van der Waals surface area contributed by atoms with E-state index < -0.39 is 11.1 Å². The highest BCUT2D eigenvalue weighted by molar-refractivity contribution is 6.30. The molecule has 0 spiro atoms. The maximum absolute atomic E-state index is 12.9. The van der Waals surface area contributed by atoms with Gasteiger partial charge in [-0.1, -0.05) is 36.6 Å². The Hall–Kier alpha value is -1.06. The first kappa shape index (κ1) is 16.3. The van der Waals surface area contributed by atoms with Crippen LogP contribution in [0.1, 0.15) is 45.1 Å². The van der Waals surface area contributed by atoms with Gasteiger partial charge in [0.2, 0.25) is 0 Å². The summed E-state index contributed by atoms with van der Waals surface area (Å²) >= 11 is 5.97. The van der Waals surface area contributed by atoms with Crippen molar-refractivity contribution in [2.75, 3.05) is 14.1 Å². The number of benzene rings is 1. The molecule has 0 aromatic heterocycles. The first-order chi connectivity index (χ1) is 9.78. The lowest BCUT2D eigenvalue weighted by atomic mass is 9.79. The minimum atomic E-state index is -0.612. The summed E-state index contributed by atoms with van der Waals surface area (Å²) in [5.41, 5.74) is -0.110. The van der Waals surface area contributed by atoms with Crippen molar-refractivity contribution in [2.24, 2.45) is 0 Å². The van der Waals surface area contributed by atoms with E-state index in [2.05, 4.69) is 0 Å². The lowest BCUT2D eigenvalue weighted by Crippen LogP contribution is -2.47. The Labute approximate surface area is 132 Å². The van der Waals surface area contributed by atoms with Crippen LogP contribution in [0.25, 0.3) is 0 Å². The molecular weight excluding hydrogens is 286 g/mol. The normalized spacial score (nSPS) is 18.0. The number of esters is 1. The van der Waals surface area contributed by atoms with E-state index in [1.807, 2.05) is 57.1 Å². The van der Waals surface area contributed by atoms with E-state index in [1.165, 1.54) is 0 Å². The van der Waals surface area contributed by atoms with E-state index in [0.717, 1.165) is 31.2 Å². The van der Waals surface area contributed by atoms with Crippen molar-refractivity contribution in [1.82, 2.24) is 4.90 Å². The van der Waals surface area contributed by atoms with Crippen LogP contribution in [0.2, 0.25) is 5.02 Å². The maximum Gasteiger partial charge on any atom is 0.318 e. The van der Waals surface area contributed by atoms with Crippen molar-refractivity contribution in [3.63, 3.8) is 0 Å². The minimum absolute atomic E-state index is 0.124. The second-order valence-electron chi connectivity index (χ2n) is 6.53.